The Labute approximate surface area is 177 Å². The monoisotopic (exact) mass is 442 g/mol. The maximum atomic E-state index is 12.3. The Morgan fingerprint density at radius 3 is 2.61 bits per heavy atom. The van der Waals surface area contributed by atoms with Crippen LogP contribution in [0.3, 0.4) is 0 Å². The van der Waals surface area contributed by atoms with Crippen LogP contribution >= 0.6 is 0 Å². The zero-order valence-electron chi connectivity index (χ0n) is 16.8. The molecule has 0 spiro atoms. The van der Waals surface area contributed by atoms with Crippen LogP contribution in [-0.2, 0) is 14.3 Å². The SMILES string of the molecule is O=C(C[C@H]1C[C@@H]2c3cc(NC(=O)CC4CC4)ccc3O[C@@H]2[C@H](CO)O1)NCC(F)(F)F. The molecule has 1 saturated heterocycles. The van der Waals surface area contributed by atoms with E-state index in [0.29, 0.717) is 30.2 Å². The van der Waals surface area contributed by atoms with E-state index in [9.17, 15) is 27.9 Å². The van der Waals surface area contributed by atoms with Gasteiger partial charge in [-0.05, 0) is 43.4 Å². The molecule has 0 aromatic heterocycles. The lowest BCUT2D eigenvalue weighted by molar-refractivity contribution is -0.149. The molecule has 0 bridgehead atoms. The number of benzene rings is 1. The van der Waals surface area contributed by atoms with E-state index in [1.807, 2.05) is 11.4 Å². The molecule has 4 atom stereocenters. The Hall–Kier alpha value is -2.33. The predicted octanol–water partition coefficient (Wildman–Crippen LogP) is 2.49. The minimum Gasteiger partial charge on any atom is -0.487 e. The molecule has 31 heavy (non-hydrogen) atoms. The third-order valence-electron chi connectivity index (χ3n) is 5.85. The number of hydrogen-bond donors (Lipinski definition) is 3. The quantitative estimate of drug-likeness (QED) is 0.603. The molecule has 10 heteroatoms. The number of anilines is 1. The fraction of sp³-hybridized carbons (Fsp3) is 0.619. The molecule has 7 nitrogen and oxygen atoms in total. The minimum atomic E-state index is -4.49. The standard InChI is InChI=1S/C21H25F3N2O5/c22-21(23,24)10-25-18(28)8-13-7-15-14-6-12(26-19(29)5-11-1-2-11)3-4-16(14)31-20(15)17(9-27)30-13/h3-4,6,11,13,15,17,20,27H,1-2,5,7-10H2,(H,25,28)(H,26,29)/t13-,15-,17+,20+/m1/s1. The number of alkyl halides is 3. The number of carbonyl (C=O) groups excluding carboxylic acids is 2. The van der Waals surface area contributed by atoms with Crippen LogP contribution in [0.5, 0.6) is 5.75 Å². The third kappa shape index (κ3) is 5.48. The lowest BCUT2D eigenvalue weighted by Crippen LogP contribution is -2.47. The molecule has 1 aromatic rings. The van der Waals surface area contributed by atoms with E-state index in [-0.39, 0.29) is 24.9 Å². The van der Waals surface area contributed by atoms with Gasteiger partial charge in [0.05, 0.1) is 19.1 Å². The second-order valence-electron chi connectivity index (χ2n) is 8.45. The summed E-state index contributed by atoms with van der Waals surface area (Å²) in [6.45, 7) is -1.75. The summed E-state index contributed by atoms with van der Waals surface area (Å²) in [5.74, 6) is 0.0586. The first kappa shape index (κ1) is 21.9. The number of aliphatic hydroxyl groups excluding tert-OH is 1. The molecule has 2 fully saturated rings. The van der Waals surface area contributed by atoms with Crippen molar-refractivity contribution < 1.29 is 37.3 Å². The number of ether oxygens (including phenoxy) is 2. The number of halogens is 3. The van der Waals surface area contributed by atoms with E-state index in [1.165, 1.54) is 0 Å². The van der Waals surface area contributed by atoms with Gasteiger partial charge in [-0.3, -0.25) is 9.59 Å². The molecule has 0 unspecified atom stereocenters. The van der Waals surface area contributed by atoms with Crippen molar-refractivity contribution in [2.75, 3.05) is 18.5 Å². The Balaban J connectivity index is 1.43. The van der Waals surface area contributed by atoms with Crippen LogP contribution in [0.1, 0.15) is 43.6 Å². The van der Waals surface area contributed by atoms with Gasteiger partial charge in [-0.2, -0.15) is 13.2 Å². The highest BCUT2D eigenvalue weighted by atomic mass is 19.4. The summed E-state index contributed by atoms with van der Waals surface area (Å²) in [5, 5.41) is 14.5. The maximum Gasteiger partial charge on any atom is 0.405 e. The van der Waals surface area contributed by atoms with Crippen LogP contribution in [0.25, 0.3) is 0 Å². The summed E-state index contributed by atoms with van der Waals surface area (Å²) in [7, 11) is 0. The summed E-state index contributed by atoms with van der Waals surface area (Å²) in [6.07, 6.45) is -3.56. The van der Waals surface area contributed by atoms with Crippen LogP contribution in [0.4, 0.5) is 18.9 Å². The second kappa shape index (κ2) is 8.66. The maximum absolute atomic E-state index is 12.3. The van der Waals surface area contributed by atoms with Crippen molar-refractivity contribution in [1.82, 2.24) is 5.32 Å². The lowest BCUT2D eigenvalue weighted by Gasteiger charge is -2.37. The molecule has 3 aliphatic rings. The van der Waals surface area contributed by atoms with Gasteiger partial charge in [0.1, 0.15) is 24.5 Å². The van der Waals surface area contributed by atoms with E-state index in [4.69, 9.17) is 9.47 Å². The molecule has 2 heterocycles. The molecule has 1 saturated carbocycles. The highest BCUT2D eigenvalue weighted by molar-refractivity contribution is 5.91. The number of carbonyl (C=O) groups is 2. The number of hydrogen-bond acceptors (Lipinski definition) is 5. The van der Waals surface area contributed by atoms with Crippen LogP contribution < -0.4 is 15.4 Å². The number of rotatable bonds is 7. The summed E-state index contributed by atoms with van der Waals surface area (Å²) in [4.78, 5) is 24.1. The topological polar surface area (TPSA) is 96.9 Å². The number of aliphatic hydroxyl groups is 1. The van der Waals surface area contributed by atoms with Crippen molar-refractivity contribution in [2.24, 2.45) is 5.92 Å². The molecular weight excluding hydrogens is 417 g/mol. The third-order valence-corrected chi connectivity index (χ3v) is 5.85. The Kier molecular flexibility index (Phi) is 6.11. The molecular formula is C21H25F3N2O5. The van der Waals surface area contributed by atoms with Crippen molar-refractivity contribution in [3.8, 4) is 5.75 Å². The first-order valence-electron chi connectivity index (χ1n) is 10.4. The van der Waals surface area contributed by atoms with Gasteiger partial charge in [0.2, 0.25) is 11.8 Å². The normalized spacial score (nSPS) is 27.1. The first-order valence-corrected chi connectivity index (χ1v) is 10.4. The zero-order chi connectivity index (χ0) is 22.2. The van der Waals surface area contributed by atoms with Crippen molar-refractivity contribution in [3.63, 3.8) is 0 Å². The van der Waals surface area contributed by atoms with Gasteiger partial charge in [0.15, 0.2) is 0 Å². The molecule has 170 valence electrons. The van der Waals surface area contributed by atoms with Crippen molar-refractivity contribution in [1.29, 1.82) is 0 Å². The Morgan fingerprint density at radius 2 is 1.94 bits per heavy atom. The van der Waals surface area contributed by atoms with Gasteiger partial charge in [-0.1, -0.05) is 0 Å². The Morgan fingerprint density at radius 1 is 1.16 bits per heavy atom. The van der Waals surface area contributed by atoms with Crippen LogP contribution in [0.2, 0.25) is 0 Å². The molecule has 2 aliphatic heterocycles. The minimum absolute atomic E-state index is 0.0441. The fourth-order valence-electron chi connectivity index (χ4n) is 4.24. The smallest absolute Gasteiger partial charge is 0.405 e. The van der Waals surface area contributed by atoms with Gasteiger partial charge in [0, 0.05) is 23.6 Å². The van der Waals surface area contributed by atoms with Crippen molar-refractivity contribution >= 4 is 17.5 Å². The molecule has 4 rings (SSSR count). The second-order valence-corrected chi connectivity index (χ2v) is 8.45. The zero-order valence-corrected chi connectivity index (χ0v) is 16.8. The van der Waals surface area contributed by atoms with Crippen LogP contribution in [0, 0.1) is 5.92 Å². The summed E-state index contributed by atoms with van der Waals surface area (Å²) >= 11 is 0. The van der Waals surface area contributed by atoms with Crippen molar-refractivity contribution in [3.05, 3.63) is 23.8 Å². The Bertz CT molecular complexity index is 843. The van der Waals surface area contributed by atoms with Gasteiger partial charge in [0.25, 0.3) is 0 Å². The predicted molar refractivity (Wildman–Crippen MR) is 104 cm³/mol. The lowest BCUT2D eigenvalue weighted by atomic mass is 9.84. The van der Waals surface area contributed by atoms with E-state index in [1.54, 1.807) is 12.1 Å². The number of fused-ring (bicyclic) bond motifs is 3. The average Bonchev–Trinajstić information content (AvgIpc) is 3.44. The van der Waals surface area contributed by atoms with E-state index >= 15 is 0 Å². The molecule has 1 aromatic carbocycles. The molecule has 2 amide bonds. The highest BCUT2D eigenvalue weighted by Gasteiger charge is 2.46. The van der Waals surface area contributed by atoms with Gasteiger partial charge >= 0.3 is 6.18 Å². The van der Waals surface area contributed by atoms with Crippen molar-refractivity contribution in [2.45, 2.75) is 62.5 Å². The molecule has 0 radical (unpaired) electrons. The summed E-state index contributed by atoms with van der Waals surface area (Å²) in [5.41, 5.74) is 1.47. The highest BCUT2D eigenvalue weighted by Crippen LogP contribution is 2.47. The van der Waals surface area contributed by atoms with Crippen LogP contribution in [0.15, 0.2) is 18.2 Å². The number of nitrogens with one attached hydrogen (secondary N) is 2. The largest absolute Gasteiger partial charge is 0.487 e. The van der Waals surface area contributed by atoms with Gasteiger partial charge in [-0.25, -0.2) is 0 Å². The fourth-order valence-corrected chi connectivity index (χ4v) is 4.24. The average molecular weight is 442 g/mol. The summed E-state index contributed by atoms with van der Waals surface area (Å²) < 4.78 is 48.7. The van der Waals surface area contributed by atoms with Crippen LogP contribution in [-0.4, -0.2) is 54.6 Å². The first-order chi connectivity index (χ1) is 14.7. The van der Waals surface area contributed by atoms with Gasteiger partial charge in [-0.15, -0.1) is 0 Å². The summed E-state index contributed by atoms with van der Waals surface area (Å²) in [6, 6.07) is 5.32. The number of amides is 2. The van der Waals surface area contributed by atoms with Gasteiger partial charge < -0.3 is 25.2 Å². The molecule has 3 N–H and O–H groups in total. The van der Waals surface area contributed by atoms with E-state index < -0.39 is 36.9 Å². The van der Waals surface area contributed by atoms with E-state index in [0.717, 1.165) is 18.4 Å². The molecule has 1 aliphatic carbocycles. The van der Waals surface area contributed by atoms with E-state index in [2.05, 4.69) is 5.32 Å².